The van der Waals surface area contributed by atoms with Crippen molar-refractivity contribution in [3.63, 3.8) is 0 Å². The Bertz CT molecular complexity index is 468. The Morgan fingerprint density at radius 3 is 2.75 bits per heavy atom. The molecule has 2 heterocycles. The zero-order valence-corrected chi connectivity index (χ0v) is 11.0. The lowest BCUT2D eigenvalue weighted by Crippen LogP contribution is -2.60. The van der Waals surface area contributed by atoms with E-state index in [1.165, 1.54) is 12.1 Å². The van der Waals surface area contributed by atoms with Crippen molar-refractivity contribution in [3.05, 3.63) is 30.1 Å². The van der Waals surface area contributed by atoms with E-state index in [4.69, 9.17) is 9.47 Å². The van der Waals surface area contributed by atoms with Crippen LogP contribution in [0.3, 0.4) is 0 Å². The molecule has 0 bridgehead atoms. The lowest BCUT2D eigenvalue weighted by atomic mass is 10.1. The summed E-state index contributed by atoms with van der Waals surface area (Å²) in [6, 6.07) is 5.90. The van der Waals surface area contributed by atoms with Gasteiger partial charge in [-0.05, 0) is 24.3 Å². The summed E-state index contributed by atoms with van der Waals surface area (Å²) in [5.41, 5.74) is 0. The molecular weight excluding hydrogens is 263 g/mol. The number of ether oxygens (including phenoxy) is 2. The van der Waals surface area contributed by atoms with Crippen LogP contribution >= 0.6 is 0 Å². The second-order valence-corrected chi connectivity index (χ2v) is 5.00. The van der Waals surface area contributed by atoms with Crippen molar-refractivity contribution in [2.45, 2.75) is 12.2 Å². The molecule has 1 aromatic rings. The molecule has 0 saturated carbocycles. The topological polar surface area (TPSA) is 50.8 Å². The Kier molecular flexibility index (Phi) is 3.84. The highest BCUT2D eigenvalue weighted by molar-refractivity contribution is 5.82. The Morgan fingerprint density at radius 1 is 1.35 bits per heavy atom. The summed E-state index contributed by atoms with van der Waals surface area (Å²) in [6.45, 7) is 3.03. The van der Waals surface area contributed by atoms with Crippen molar-refractivity contribution in [2.24, 2.45) is 0 Å². The van der Waals surface area contributed by atoms with Crippen molar-refractivity contribution in [2.75, 3.05) is 32.8 Å². The number of nitrogens with one attached hydrogen (secondary N) is 1. The van der Waals surface area contributed by atoms with Gasteiger partial charge in [-0.25, -0.2) is 4.39 Å². The van der Waals surface area contributed by atoms with Crippen LogP contribution in [0.15, 0.2) is 24.3 Å². The van der Waals surface area contributed by atoms with E-state index in [1.807, 2.05) is 0 Å². The SMILES string of the molecule is O=C([C@@H]1CNCCO1)N1CC(Oc2ccc(F)cc2)C1. The number of hydrogen-bond acceptors (Lipinski definition) is 4. The minimum absolute atomic E-state index is 0.0103. The van der Waals surface area contributed by atoms with Crippen LogP contribution in [-0.4, -0.2) is 55.8 Å². The highest BCUT2D eigenvalue weighted by Gasteiger charge is 2.36. The number of carbonyl (C=O) groups is 1. The smallest absolute Gasteiger partial charge is 0.253 e. The number of hydrogen-bond donors (Lipinski definition) is 1. The summed E-state index contributed by atoms with van der Waals surface area (Å²) in [7, 11) is 0. The monoisotopic (exact) mass is 280 g/mol. The average molecular weight is 280 g/mol. The molecule has 0 aliphatic carbocycles. The molecule has 1 amide bonds. The van der Waals surface area contributed by atoms with E-state index >= 15 is 0 Å². The molecule has 2 aliphatic rings. The average Bonchev–Trinajstić information content (AvgIpc) is 2.45. The van der Waals surface area contributed by atoms with Gasteiger partial charge in [-0.15, -0.1) is 0 Å². The highest BCUT2D eigenvalue weighted by atomic mass is 19.1. The van der Waals surface area contributed by atoms with E-state index in [1.54, 1.807) is 17.0 Å². The third-order valence-electron chi connectivity index (χ3n) is 3.48. The second-order valence-electron chi connectivity index (χ2n) is 5.00. The fourth-order valence-corrected chi connectivity index (χ4v) is 2.33. The van der Waals surface area contributed by atoms with Gasteiger partial charge < -0.3 is 19.7 Å². The van der Waals surface area contributed by atoms with Crippen molar-refractivity contribution in [1.29, 1.82) is 0 Å². The van der Waals surface area contributed by atoms with Crippen molar-refractivity contribution < 1.29 is 18.7 Å². The molecule has 3 rings (SSSR count). The number of nitrogens with zero attached hydrogens (tertiary/aromatic N) is 1. The van der Waals surface area contributed by atoms with E-state index in [-0.39, 0.29) is 23.9 Å². The third kappa shape index (κ3) is 2.91. The molecule has 108 valence electrons. The molecule has 0 aromatic heterocycles. The van der Waals surface area contributed by atoms with Crippen molar-refractivity contribution >= 4 is 5.91 Å². The van der Waals surface area contributed by atoms with Gasteiger partial charge in [0.1, 0.15) is 23.8 Å². The van der Waals surface area contributed by atoms with E-state index < -0.39 is 0 Å². The molecule has 2 aliphatic heterocycles. The van der Waals surface area contributed by atoms with Crippen LogP contribution in [0.25, 0.3) is 0 Å². The summed E-state index contributed by atoms with van der Waals surface area (Å²) in [6.07, 6.45) is -0.406. The van der Waals surface area contributed by atoms with Crippen LogP contribution in [-0.2, 0) is 9.53 Å². The zero-order chi connectivity index (χ0) is 13.9. The molecule has 1 atom stereocenters. The first-order valence-corrected chi connectivity index (χ1v) is 6.76. The molecule has 20 heavy (non-hydrogen) atoms. The first-order valence-electron chi connectivity index (χ1n) is 6.76. The number of morpholine rings is 1. The minimum atomic E-state index is -0.379. The molecule has 0 radical (unpaired) electrons. The van der Waals surface area contributed by atoms with E-state index in [0.717, 1.165) is 6.54 Å². The van der Waals surface area contributed by atoms with E-state index in [2.05, 4.69) is 5.32 Å². The van der Waals surface area contributed by atoms with Gasteiger partial charge in [0.25, 0.3) is 5.91 Å². The van der Waals surface area contributed by atoms with Crippen molar-refractivity contribution in [3.8, 4) is 5.75 Å². The lowest BCUT2D eigenvalue weighted by molar-refractivity contribution is -0.154. The maximum Gasteiger partial charge on any atom is 0.253 e. The summed E-state index contributed by atoms with van der Waals surface area (Å²) < 4.78 is 23.8. The number of amides is 1. The zero-order valence-electron chi connectivity index (χ0n) is 11.0. The molecule has 0 unspecified atom stereocenters. The van der Waals surface area contributed by atoms with Crippen molar-refractivity contribution in [1.82, 2.24) is 10.2 Å². The Morgan fingerprint density at radius 2 is 2.10 bits per heavy atom. The van der Waals surface area contributed by atoms with Gasteiger partial charge >= 0.3 is 0 Å². The largest absolute Gasteiger partial charge is 0.487 e. The highest BCUT2D eigenvalue weighted by Crippen LogP contribution is 2.19. The second kappa shape index (κ2) is 5.76. The van der Waals surface area contributed by atoms with Crippen LogP contribution in [0.1, 0.15) is 0 Å². The molecule has 0 spiro atoms. The van der Waals surface area contributed by atoms with Crippen LogP contribution < -0.4 is 10.1 Å². The lowest BCUT2D eigenvalue weighted by Gasteiger charge is -2.41. The quantitative estimate of drug-likeness (QED) is 0.871. The number of rotatable bonds is 3. The summed E-state index contributed by atoms with van der Waals surface area (Å²) >= 11 is 0. The molecule has 2 fully saturated rings. The van der Waals surface area contributed by atoms with Crippen LogP contribution in [0, 0.1) is 5.82 Å². The number of halogens is 1. The predicted molar refractivity (Wildman–Crippen MR) is 70.0 cm³/mol. The summed E-state index contributed by atoms with van der Waals surface area (Å²) in [4.78, 5) is 13.8. The van der Waals surface area contributed by atoms with Gasteiger partial charge in [0.05, 0.1) is 19.7 Å². The fraction of sp³-hybridized carbons (Fsp3) is 0.500. The normalized spacial score (nSPS) is 23.2. The van der Waals surface area contributed by atoms with E-state index in [0.29, 0.717) is 32.0 Å². The van der Waals surface area contributed by atoms with Gasteiger partial charge in [0.2, 0.25) is 0 Å². The maximum atomic E-state index is 12.8. The molecule has 2 saturated heterocycles. The van der Waals surface area contributed by atoms with Gasteiger partial charge in [-0.1, -0.05) is 0 Å². The van der Waals surface area contributed by atoms with Gasteiger partial charge in [-0.2, -0.15) is 0 Å². The molecule has 1 aromatic carbocycles. The van der Waals surface area contributed by atoms with Gasteiger partial charge in [-0.3, -0.25) is 4.79 Å². The summed E-state index contributed by atoms with van der Waals surface area (Å²) in [5.74, 6) is 0.347. The van der Waals surface area contributed by atoms with Crippen LogP contribution in [0.4, 0.5) is 4.39 Å². The van der Waals surface area contributed by atoms with Gasteiger partial charge in [0, 0.05) is 13.1 Å². The maximum absolute atomic E-state index is 12.8. The molecule has 5 nitrogen and oxygen atoms in total. The van der Waals surface area contributed by atoms with Crippen LogP contribution in [0.5, 0.6) is 5.75 Å². The molecule has 6 heteroatoms. The molecule has 1 N–H and O–H groups in total. The van der Waals surface area contributed by atoms with E-state index in [9.17, 15) is 9.18 Å². The summed E-state index contributed by atoms with van der Waals surface area (Å²) in [5, 5.41) is 3.14. The first kappa shape index (κ1) is 13.3. The minimum Gasteiger partial charge on any atom is -0.487 e. The fourth-order valence-electron chi connectivity index (χ4n) is 2.33. The van der Waals surface area contributed by atoms with Crippen LogP contribution in [0.2, 0.25) is 0 Å². The number of likely N-dealkylation sites (tertiary alicyclic amines) is 1. The number of carbonyl (C=O) groups excluding carboxylic acids is 1. The third-order valence-corrected chi connectivity index (χ3v) is 3.48. The number of benzene rings is 1. The molecular formula is C14H17FN2O3. The Balaban J connectivity index is 1.46. The Hall–Kier alpha value is -1.66. The predicted octanol–water partition coefficient (Wildman–Crippen LogP) is 0.404. The standard InChI is InChI=1S/C14H17FN2O3/c15-10-1-3-11(4-2-10)20-12-8-17(9-12)14(18)13-7-16-5-6-19-13/h1-4,12-13,16H,5-9H2/t13-/m0/s1. The first-order chi connectivity index (χ1) is 9.72. The van der Waals surface area contributed by atoms with Gasteiger partial charge in [0.15, 0.2) is 0 Å². The Labute approximate surface area is 116 Å².